The molecule has 1 amide bonds. The molecule has 3 rings (SSSR count). The Labute approximate surface area is 135 Å². The number of amides is 1. The van der Waals surface area contributed by atoms with Crippen molar-refractivity contribution in [3.05, 3.63) is 54.7 Å². The second kappa shape index (κ2) is 6.41. The van der Waals surface area contributed by atoms with E-state index in [1.165, 1.54) is 6.08 Å². The predicted octanol–water partition coefficient (Wildman–Crippen LogP) is 1.93. The van der Waals surface area contributed by atoms with Crippen molar-refractivity contribution in [2.75, 3.05) is 18.0 Å². The summed E-state index contributed by atoms with van der Waals surface area (Å²) in [6, 6.07) is 9.88. The molecule has 1 aliphatic heterocycles. The Bertz CT molecular complexity index is 754. The zero-order chi connectivity index (χ0) is 16.2. The number of carbonyl (C=O) groups is 1. The van der Waals surface area contributed by atoms with Gasteiger partial charge in [0.05, 0.1) is 6.20 Å². The first-order valence-corrected chi connectivity index (χ1v) is 7.47. The van der Waals surface area contributed by atoms with Crippen LogP contribution in [-0.2, 0) is 11.3 Å². The molecule has 5 nitrogen and oxygen atoms in total. The van der Waals surface area contributed by atoms with Gasteiger partial charge in [-0.1, -0.05) is 12.5 Å². The number of carbonyl (C=O) groups excluding carboxylic acids is 1. The first kappa shape index (κ1) is 14.9. The molecule has 1 unspecified atom stereocenters. The predicted molar refractivity (Wildman–Crippen MR) is 90.3 cm³/mol. The van der Waals surface area contributed by atoms with Crippen LogP contribution in [0, 0.1) is 18.3 Å². The van der Waals surface area contributed by atoms with Crippen LogP contribution in [0.25, 0.3) is 0 Å². The third kappa shape index (κ3) is 3.11. The number of aromatic nitrogens is 2. The molecule has 0 saturated carbocycles. The zero-order valence-corrected chi connectivity index (χ0v) is 12.8. The van der Waals surface area contributed by atoms with Gasteiger partial charge in [-0.2, -0.15) is 5.10 Å². The molecule has 23 heavy (non-hydrogen) atoms. The average molecular weight is 306 g/mol. The molecule has 1 aromatic heterocycles. The van der Waals surface area contributed by atoms with Crippen molar-refractivity contribution in [2.45, 2.75) is 6.54 Å². The number of hydrogen-bond donors (Lipinski definition) is 1. The molecule has 1 aromatic carbocycles. The third-order valence-corrected chi connectivity index (χ3v) is 3.94. The van der Waals surface area contributed by atoms with Crippen LogP contribution in [0.4, 0.5) is 11.5 Å². The van der Waals surface area contributed by atoms with E-state index in [1.807, 2.05) is 35.0 Å². The fourth-order valence-electron chi connectivity index (χ4n) is 2.77. The summed E-state index contributed by atoms with van der Waals surface area (Å²) >= 11 is 0. The van der Waals surface area contributed by atoms with Crippen molar-refractivity contribution < 1.29 is 4.79 Å². The Kier molecular flexibility index (Phi) is 4.15. The summed E-state index contributed by atoms with van der Waals surface area (Å²) in [6.45, 7) is 5.64. The highest BCUT2D eigenvalue weighted by Gasteiger charge is 2.26. The highest BCUT2D eigenvalue weighted by atomic mass is 16.1. The standard InChI is InChI=1S/C18H18N4O/c1-3-14-5-7-16(8-6-14)21-12-15(11-19-17(23)4-2)13-22-18(21)9-10-20-22/h1,4-10,15H,2,11-13H2,(H,19,23). The van der Waals surface area contributed by atoms with Gasteiger partial charge in [0.2, 0.25) is 5.91 Å². The molecule has 1 aliphatic rings. The topological polar surface area (TPSA) is 50.2 Å². The van der Waals surface area contributed by atoms with Gasteiger partial charge in [-0.05, 0) is 30.3 Å². The molecule has 2 aromatic rings. The minimum absolute atomic E-state index is 0.152. The van der Waals surface area contributed by atoms with Crippen molar-refractivity contribution in [1.82, 2.24) is 15.1 Å². The molecule has 0 spiro atoms. The fourth-order valence-corrected chi connectivity index (χ4v) is 2.77. The Morgan fingerprint density at radius 1 is 1.39 bits per heavy atom. The summed E-state index contributed by atoms with van der Waals surface area (Å²) in [5.41, 5.74) is 1.92. The lowest BCUT2D eigenvalue weighted by Crippen LogP contribution is -2.41. The quantitative estimate of drug-likeness (QED) is 0.694. The summed E-state index contributed by atoms with van der Waals surface area (Å²) in [5, 5.41) is 7.24. The van der Waals surface area contributed by atoms with Gasteiger partial charge in [0.25, 0.3) is 0 Å². The molecule has 1 N–H and O–H groups in total. The van der Waals surface area contributed by atoms with Crippen LogP contribution in [0.15, 0.2) is 49.2 Å². The van der Waals surface area contributed by atoms with E-state index in [0.717, 1.165) is 30.2 Å². The van der Waals surface area contributed by atoms with Gasteiger partial charge < -0.3 is 10.2 Å². The Hall–Kier alpha value is -3.00. The lowest BCUT2D eigenvalue weighted by Gasteiger charge is -2.34. The van der Waals surface area contributed by atoms with Gasteiger partial charge in [-0.3, -0.25) is 4.79 Å². The van der Waals surface area contributed by atoms with Crippen LogP contribution < -0.4 is 10.2 Å². The Balaban J connectivity index is 1.82. The molecular weight excluding hydrogens is 288 g/mol. The molecule has 0 bridgehead atoms. The number of anilines is 2. The maximum Gasteiger partial charge on any atom is 0.243 e. The van der Waals surface area contributed by atoms with Crippen LogP contribution in [0.3, 0.4) is 0 Å². The minimum Gasteiger partial charge on any atom is -0.352 e. The molecule has 116 valence electrons. The van der Waals surface area contributed by atoms with E-state index in [-0.39, 0.29) is 11.8 Å². The van der Waals surface area contributed by atoms with E-state index in [1.54, 1.807) is 6.20 Å². The smallest absolute Gasteiger partial charge is 0.243 e. The summed E-state index contributed by atoms with van der Waals surface area (Å²) in [7, 11) is 0. The van der Waals surface area contributed by atoms with E-state index in [0.29, 0.717) is 6.54 Å². The number of terminal acetylenes is 1. The first-order valence-electron chi connectivity index (χ1n) is 7.47. The van der Waals surface area contributed by atoms with Gasteiger partial charge in [0.1, 0.15) is 5.82 Å². The van der Waals surface area contributed by atoms with Gasteiger partial charge in [-0.25, -0.2) is 4.68 Å². The van der Waals surface area contributed by atoms with Gasteiger partial charge in [0, 0.05) is 42.9 Å². The molecule has 0 radical (unpaired) electrons. The van der Waals surface area contributed by atoms with Crippen LogP contribution in [-0.4, -0.2) is 28.8 Å². The van der Waals surface area contributed by atoms with Gasteiger partial charge in [0.15, 0.2) is 0 Å². The highest BCUT2D eigenvalue weighted by molar-refractivity contribution is 5.86. The van der Waals surface area contributed by atoms with Crippen LogP contribution in [0.5, 0.6) is 0 Å². The molecule has 0 fully saturated rings. The van der Waals surface area contributed by atoms with Crippen molar-refractivity contribution in [2.24, 2.45) is 5.92 Å². The van der Waals surface area contributed by atoms with Crippen LogP contribution in [0.1, 0.15) is 5.56 Å². The van der Waals surface area contributed by atoms with Gasteiger partial charge in [-0.15, -0.1) is 6.42 Å². The largest absolute Gasteiger partial charge is 0.352 e. The van der Waals surface area contributed by atoms with Crippen LogP contribution in [0.2, 0.25) is 0 Å². The number of nitrogens with zero attached hydrogens (tertiary/aromatic N) is 3. The second-order valence-corrected chi connectivity index (χ2v) is 5.49. The van der Waals surface area contributed by atoms with E-state index in [4.69, 9.17) is 6.42 Å². The van der Waals surface area contributed by atoms with Crippen molar-refractivity contribution in [3.8, 4) is 12.3 Å². The number of rotatable bonds is 4. The Morgan fingerprint density at radius 3 is 2.87 bits per heavy atom. The van der Waals surface area contributed by atoms with Crippen molar-refractivity contribution >= 4 is 17.4 Å². The molecule has 2 heterocycles. The normalized spacial score (nSPS) is 16.3. The van der Waals surface area contributed by atoms with E-state index < -0.39 is 0 Å². The monoisotopic (exact) mass is 306 g/mol. The van der Waals surface area contributed by atoms with E-state index in [2.05, 4.69) is 27.8 Å². The lowest BCUT2D eigenvalue weighted by molar-refractivity contribution is -0.116. The molecule has 5 heteroatoms. The number of benzene rings is 1. The molecule has 0 aliphatic carbocycles. The van der Waals surface area contributed by atoms with Gasteiger partial charge >= 0.3 is 0 Å². The second-order valence-electron chi connectivity index (χ2n) is 5.49. The summed E-state index contributed by atoms with van der Waals surface area (Å²) in [6.07, 6.45) is 8.50. The third-order valence-electron chi connectivity index (χ3n) is 3.94. The molecule has 1 atom stereocenters. The number of hydrogen-bond acceptors (Lipinski definition) is 3. The molecule has 0 saturated heterocycles. The minimum atomic E-state index is -0.152. The maximum absolute atomic E-state index is 11.4. The average Bonchev–Trinajstić information content (AvgIpc) is 3.07. The summed E-state index contributed by atoms with van der Waals surface area (Å²) in [4.78, 5) is 13.6. The molecular formula is C18H18N4O. The summed E-state index contributed by atoms with van der Waals surface area (Å²) < 4.78 is 1.96. The van der Waals surface area contributed by atoms with Crippen LogP contribution >= 0.6 is 0 Å². The zero-order valence-electron chi connectivity index (χ0n) is 12.8. The highest BCUT2D eigenvalue weighted by Crippen LogP contribution is 2.30. The first-order chi connectivity index (χ1) is 11.2. The number of fused-ring (bicyclic) bond motifs is 1. The summed E-state index contributed by atoms with van der Waals surface area (Å²) in [5.74, 6) is 3.78. The van der Waals surface area contributed by atoms with Crippen molar-refractivity contribution in [1.29, 1.82) is 0 Å². The van der Waals surface area contributed by atoms with E-state index in [9.17, 15) is 4.79 Å². The van der Waals surface area contributed by atoms with E-state index >= 15 is 0 Å². The fraction of sp³-hybridized carbons (Fsp3) is 0.222. The lowest BCUT2D eigenvalue weighted by atomic mass is 10.1. The Morgan fingerprint density at radius 2 is 2.17 bits per heavy atom. The SMILES string of the molecule is C#Cc1ccc(N2CC(CNC(=O)C=C)Cn3nccc32)cc1. The maximum atomic E-state index is 11.4. The number of nitrogens with one attached hydrogen (secondary N) is 1. The van der Waals surface area contributed by atoms with Crippen molar-refractivity contribution in [3.63, 3.8) is 0 Å².